The van der Waals surface area contributed by atoms with Crippen LogP contribution in [0.3, 0.4) is 0 Å². The Morgan fingerprint density at radius 1 is 0.846 bits per heavy atom. The molecule has 0 bridgehead atoms. The number of nitrogens with zero attached hydrogens (tertiary/aromatic N) is 2. The molecule has 1 aliphatic heterocycles. The molecule has 1 aliphatic rings. The van der Waals surface area contributed by atoms with Crippen LogP contribution < -0.4 is 5.01 Å². The highest BCUT2D eigenvalue weighted by atomic mass is 35.5. The van der Waals surface area contributed by atoms with Gasteiger partial charge in [0.15, 0.2) is 0 Å². The predicted octanol–water partition coefficient (Wildman–Crippen LogP) is 5.26. The van der Waals surface area contributed by atoms with Gasteiger partial charge in [-0.25, -0.2) is 5.01 Å². The van der Waals surface area contributed by atoms with E-state index in [1.54, 1.807) is 29.3 Å². The second-order valence-electron chi connectivity index (χ2n) is 6.40. The van der Waals surface area contributed by atoms with Gasteiger partial charge >= 0.3 is 0 Å². The molecule has 4 heteroatoms. The van der Waals surface area contributed by atoms with Crippen molar-refractivity contribution in [2.75, 3.05) is 12.1 Å². The molecule has 0 fully saturated rings. The molecule has 0 atom stereocenters. The summed E-state index contributed by atoms with van der Waals surface area (Å²) in [6, 6.07) is 23.5. The monoisotopic (exact) mass is 362 g/mol. The molecule has 0 radical (unpaired) electrons. The third kappa shape index (κ3) is 2.95. The summed E-state index contributed by atoms with van der Waals surface area (Å²) in [5, 5.41) is 4.33. The van der Waals surface area contributed by atoms with Crippen molar-refractivity contribution in [2.45, 2.75) is 12.8 Å². The van der Waals surface area contributed by atoms with Gasteiger partial charge in [0.05, 0.1) is 11.4 Å². The van der Waals surface area contributed by atoms with E-state index >= 15 is 0 Å². The molecule has 3 aromatic carbocycles. The van der Waals surface area contributed by atoms with E-state index < -0.39 is 0 Å². The maximum Gasteiger partial charge on any atom is 0.272 e. The quantitative estimate of drug-likeness (QED) is 0.620. The van der Waals surface area contributed by atoms with Gasteiger partial charge in [-0.3, -0.25) is 9.80 Å². The van der Waals surface area contributed by atoms with Crippen molar-refractivity contribution in [1.29, 1.82) is 0 Å². The van der Waals surface area contributed by atoms with E-state index in [-0.39, 0.29) is 5.91 Å². The van der Waals surface area contributed by atoms with Crippen LogP contribution in [0, 0.1) is 0 Å². The number of para-hydroxylation sites is 2. The van der Waals surface area contributed by atoms with Crippen LogP contribution in [0.15, 0.2) is 72.8 Å². The van der Waals surface area contributed by atoms with Crippen molar-refractivity contribution < 1.29 is 4.79 Å². The highest BCUT2D eigenvalue weighted by Crippen LogP contribution is 2.37. The maximum absolute atomic E-state index is 13.1. The lowest BCUT2D eigenvalue weighted by Crippen LogP contribution is -2.41. The third-order valence-corrected chi connectivity index (χ3v) is 5.04. The molecule has 1 heterocycles. The van der Waals surface area contributed by atoms with Crippen molar-refractivity contribution in [3.05, 3.63) is 94.5 Å². The number of aryl methyl sites for hydroxylation is 2. The van der Waals surface area contributed by atoms with Gasteiger partial charge in [0.25, 0.3) is 5.91 Å². The van der Waals surface area contributed by atoms with E-state index in [4.69, 9.17) is 11.6 Å². The molecule has 3 aromatic rings. The highest BCUT2D eigenvalue weighted by molar-refractivity contribution is 6.30. The van der Waals surface area contributed by atoms with E-state index in [2.05, 4.69) is 24.3 Å². The fourth-order valence-electron chi connectivity index (χ4n) is 3.45. The molecule has 4 rings (SSSR count). The minimum absolute atomic E-state index is 0.0758. The molecular formula is C22H19ClN2O. The fraction of sp³-hybridized carbons (Fsp3) is 0.136. The zero-order chi connectivity index (χ0) is 18.1. The summed E-state index contributed by atoms with van der Waals surface area (Å²) in [5.74, 6) is -0.0758. The first-order chi connectivity index (χ1) is 12.6. The molecule has 0 saturated heterocycles. The van der Waals surface area contributed by atoms with E-state index in [0.717, 1.165) is 24.2 Å². The lowest BCUT2D eigenvalue weighted by atomic mass is 10.0. The Labute approximate surface area is 158 Å². The number of halogens is 1. The summed E-state index contributed by atoms with van der Waals surface area (Å²) < 4.78 is 0. The first kappa shape index (κ1) is 16.7. The summed E-state index contributed by atoms with van der Waals surface area (Å²) in [5.41, 5.74) is 5.17. The second-order valence-corrected chi connectivity index (χ2v) is 6.84. The van der Waals surface area contributed by atoms with E-state index in [1.807, 2.05) is 36.3 Å². The molecule has 130 valence electrons. The second kappa shape index (κ2) is 6.85. The van der Waals surface area contributed by atoms with Gasteiger partial charge in [-0.05, 0) is 60.4 Å². The summed E-state index contributed by atoms with van der Waals surface area (Å²) in [6.45, 7) is 0. The number of anilines is 2. The highest BCUT2D eigenvalue weighted by Gasteiger charge is 2.26. The van der Waals surface area contributed by atoms with Gasteiger partial charge in [0.1, 0.15) is 0 Å². The fourth-order valence-corrected chi connectivity index (χ4v) is 3.58. The molecule has 0 saturated carbocycles. The van der Waals surface area contributed by atoms with Crippen molar-refractivity contribution >= 4 is 28.9 Å². The van der Waals surface area contributed by atoms with Crippen molar-refractivity contribution in [3.63, 3.8) is 0 Å². The van der Waals surface area contributed by atoms with Crippen LogP contribution in [-0.2, 0) is 12.8 Å². The normalized spacial score (nSPS) is 12.8. The topological polar surface area (TPSA) is 23.6 Å². The Morgan fingerprint density at radius 2 is 1.35 bits per heavy atom. The van der Waals surface area contributed by atoms with Crippen molar-refractivity contribution in [1.82, 2.24) is 5.01 Å². The van der Waals surface area contributed by atoms with E-state index in [0.29, 0.717) is 10.6 Å². The minimum atomic E-state index is -0.0758. The number of rotatable bonds is 2. The Bertz CT molecular complexity index is 905. The first-order valence-corrected chi connectivity index (χ1v) is 9.02. The summed E-state index contributed by atoms with van der Waals surface area (Å²) in [7, 11) is 1.82. The Morgan fingerprint density at radius 3 is 1.88 bits per heavy atom. The summed E-state index contributed by atoms with van der Waals surface area (Å²) >= 11 is 5.96. The Hall–Kier alpha value is -2.78. The number of benzene rings is 3. The molecule has 0 aliphatic carbocycles. The van der Waals surface area contributed by atoms with E-state index in [9.17, 15) is 4.79 Å². The zero-order valence-electron chi connectivity index (χ0n) is 14.5. The lowest BCUT2D eigenvalue weighted by molar-refractivity contribution is 0.0795. The van der Waals surface area contributed by atoms with Crippen LogP contribution in [0.2, 0.25) is 5.02 Å². The number of fused-ring (bicyclic) bond motifs is 2. The molecular weight excluding hydrogens is 344 g/mol. The number of amides is 1. The zero-order valence-corrected chi connectivity index (χ0v) is 15.3. The predicted molar refractivity (Wildman–Crippen MR) is 106 cm³/mol. The number of hydrogen-bond acceptors (Lipinski definition) is 2. The van der Waals surface area contributed by atoms with E-state index in [1.165, 1.54) is 11.1 Å². The van der Waals surface area contributed by atoms with Gasteiger partial charge in [-0.2, -0.15) is 0 Å². The molecule has 26 heavy (non-hydrogen) atoms. The molecule has 0 N–H and O–H groups in total. The molecule has 0 unspecified atom stereocenters. The SMILES string of the molecule is CN(C(=O)c1ccc(Cl)cc1)N1c2ccccc2CCc2ccccc21. The smallest absolute Gasteiger partial charge is 0.267 e. The first-order valence-electron chi connectivity index (χ1n) is 8.64. The van der Waals surface area contributed by atoms with Crippen LogP contribution in [0.25, 0.3) is 0 Å². The number of carbonyl (C=O) groups excluding carboxylic acids is 1. The average molecular weight is 363 g/mol. The van der Waals surface area contributed by atoms with Gasteiger partial charge in [0, 0.05) is 17.6 Å². The van der Waals surface area contributed by atoms with Crippen molar-refractivity contribution in [3.8, 4) is 0 Å². The molecule has 0 aromatic heterocycles. The van der Waals surface area contributed by atoms with Crippen LogP contribution in [0.1, 0.15) is 21.5 Å². The van der Waals surface area contributed by atoms with Crippen LogP contribution >= 0.6 is 11.6 Å². The maximum atomic E-state index is 13.1. The van der Waals surface area contributed by atoms with Gasteiger partial charge in [0.2, 0.25) is 0 Å². The minimum Gasteiger partial charge on any atom is -0.267 e. The Balaban J connectivity index is 1.81. The third-order valence-electron chi connectivity index (χ3n) is 4.79. The number of hydrazine groups is 1. The van der Waals surface area contributed by atoms with Gasteiger partial charge in [-0.1, -0.05) is 48.0 Å². The lowest BCUT2D eigenvalue weighted by Gasteiger charge is -2.35. The summed E-state index contributed by atoms with van der Waals surface area (Å²) in [4.78, 5) is 13.1. The largest absolute Gasteiger partial charge is 0.272 e. The van der Waals surface area contributed by atoms with Gasteiger partial charge in [-0.15, -0.1) is 0 Å². The molecule has 3 nitrogen and oxygen atoms in total. The molecule has 1 amide bonds. The number of carbonyl (C=O) groups is 1. The molecule has 0 spiro atoms. The van der Waals surface area contributed by atoms with Crippen molar-refractivity contribution in [2.24, 2.45) is 0 Å². The van der Waals surface area contributed by atoms with Crippen LogP contribution in [0.4, 0.5) is 11.4 Å². The number of hydrogen-bond donors (Lipinski definition) is 0. The van der Waals surface area contributed by atoms with Crippen LogP contribution in [0.5, 0.6) is 0 Å². The van der Waals surface area contributed by atoms with Gasteiger partial charge < -0.3 is 0 Å². The Kier molecular flexibility index (Phi) is 4.39. The summed E-state index contributed by atoms with van der Waals surface area (Å²) in [6.07, 6.45) is 1.90. The standard InChI is InChI=1S/C22H19ClN2O/c1-24(22(26)18-12-14-19(23)15-13-18)25-20-8-4-2-6-16(20)10-11-17-7-3-5-9-21(17)25/h2-9,12-15H,10-11H2,1H3. The van der Waals surface area contributed by atoms with Crippen LogP contribution in [-0.4, -0.2) is 18.0 Å². The average Bonchev–Trinajstić information content (AvgIpc) is 2.84.